The summed E-state index contributed by atoms with van der Waals surface area (Å²) in [5.41, 5.74) is -1.09. The molecule has 0 aromatic heterocycles. The van der Waals surface area contributed by atoms with Crippen molar-refractivity contribution in [2.45, 2.75) is 96.9 Å². The zero-order chi connectivity index (χ0) is 24.4. The Bertz CT molecular complexity index is 1020. The molecule has 6 aliphatic rings. The number of carbonyl (C=O) groups is 2. The van der Waals surface area contributed by atoms with Gasteiger partial charge in [0.05, 0.1) is 11.0 Å². The number of fused-ring (bicyclic) bond motifs is 8. The normalized spacial score (nSPS) is 53.3. The van der Waals surface area contributed by atoms with Gasteiger partial charge in [0.2, 0.25) is 0 Å². The molecule has 5 heteroatoms. The number of hydrogen-bond acceptors (Lipinski definition) is 5. The number of hydrogen-bond donors (Lipinski definition) is 2. The molecule has 1 unspecified atom stereocenters. The Morgan fingerprint density at radius 3 is 2.53 bits per heavy atom. The SMILES string of the molecule is CC1=C(C)C(=O)OC([C@](C)(O)[C@H]2CC[C@H]3[C@@H]4[C@@H]5C[C@@H]5[C@@]5(O)CC=CC(=O)[C@]5(C)[C@H]4CC[C@@]32C)C1. The number of cyclic esters (lactones) is 1. The third-order valence-electron chi connectivity index (χ3n) is 12.2. The van der Waals surface area contributed by atoms with Crippen molar-refractivity contribution in [3.05, 3.63) is 23.3 Å². The van der Waals surface area contributed by atoms with E-state index in [0.29, 0.717) is 36.2 Å². The van der Waals surface area contributed by atoms with Crippen molar-refractivity contribution in [3.8, 4) is 0 Å². The lowest BCUT2D eigenvalue weighted by molar-refractivity contribution is -0.205. The summed E-state index contributed by atoms with van der Waals surface area (Å²) in [4.78, 5) is 25.8. The fourth-order valence-electron chi connectivity index (χ4n) is 10.0. The molecule has 11 atom stereocenters. The molecule has 186 valence electrons. The molecule has 0 amide bonds. The second kappa shape index (κ2) is 6.85. The smallest absolute Gasteiger partial charge is 0.334 e. The molecule has 5 nitrogen and oxygen atoms in total. The van der Waals surface area contributed by atoms with Crippen molar-refractivity contribution in [1.29, 1.82) is 0 Å². The highest BCUT2D eigenvalue weighted by molar-refractivity contribution is 5.97. The van der Waals surface area contributed by atoms with Crippen molar-refractivity contribution in [2.24, 2.45) is 46.3 Å². The lowest BCUT2D eigenvalue weighted by Gasteiger charge is -2.62. The van der Waals surface area contributed by atoms with Crippen LogP contribution in [0.2, 0.25) is 0 Å². The summed E-state index contributed by atoms with van der Waals surface area (Å²) in [5, 5.41) is 23.8. The summed E-state index contributed by atoms with van der Waals surface area (Å²) in [7, 11) is 0. The standard InChI is InChI=1S/C29H40O5/c1-15-13-23(34-25(31)16(15)2)28(5,32)21-9-8-18-24-17-14-20(17)29(33)11-6-7-22(30)27(29,4)19(24)10-12-26(18,21)3/h6-7,17-21,23-24,32-33H,8-14H2,1-5H3/t17-,18+,19+,20+,21+,23?,24+,26+,27+,28-,29+/m1/s1. The third kappa shape index (κ3) is 2.58. The average molecular weight is 469 g/mol. The van der Waals surface area contributed by atoms with Crippen LogP contribution in [-0.4, -0.2) is 39.3 Å². The summed E-state index contributed by atoms with van der Waals surface area (Å²) < 4.78 is 5.79. The number of allylic oxidation sites excluding steroid dienone is 1. The minimum absolute atomic E-state index is 0.0442. The van der Waals surface area contributed by atoms with Crippen molar-refractivity contribution in [1.82, 2.24) is 0 Å². The molecule has 4 fully saturated rings. The van der Waals surface area contributed by atoms with E-state index < -0.39 is 22.7 Å². The molecular formula is C29H40O5. The van der Waals surface area contributed by atoms with Gasteiger partial charge in [-0.1, -0.05) is 18.6 Å². The Kier molecular flexibility index (Phi) is 4.63. The maximum Gasteiger partial charge on any atom is 0.334 e. The maximum absolute atomic E-state index is 13.3. The Labute approximate surface area is 203 Å². The van der Waals surface area contributed by atoms with Crippen molar-refractivity contribution < 1.29 is 24.5 Å². The lowest BCUT2D eigenvalue weighted by atomic mass is 9.43. The van der Waals surface area contributed by atoms with Gasteiger partial charge in [-0.25, -0.2) is 4.79 Å². The van der Waals surface area contributed by atoms with Crippen molar-refractivity contribution in [2.75, 3.05) is 0 Å². The van der Waals surface area contributed by atoms with Gasteiger partial charge in [0.25, 0.3) is 0 Å². The number of carbonyl (C=O) groups excluding carboxylic acids is 2. The highest BCUT2D eigenvalue weighted by atomic mass is 16.6. The zero-order valence-corrected chi connectivity index (χ0v) is 21.3. The van der Waals surface area contributed by atoms with Gasteiger partial charge in [-0.2, -0.15) is 0 Å². The minimum atomic E-state index is -1.10. The summed E-state index contributed by atoms with van der Waals surface area (Å²) >= 11 is 0. The molecule has 34 heavy (non-hydrogen) atoms. The Hall–Kier alpha value is -1.46. The van der Waals surface area contributed by atoms with Crippen LogP contribution in [-0.2, 0) is 14.3 Å². The number of esters is 1. The molecule has 4 saturated carbocycles. The van der Waals surface area contributed by atoms with Gasteiger partial charge < -0.3 is 14.9 Å². The van der Waals surface area contributed by atoms with Gasteiger partial charge in [0.15, 0.2) is 5.78 Å². The fourth-order valence-corrected chi connectivity index (χ4v) is 10.0. The van der Waals surface area contributed by atoms with Gasteiger partial charge in [-0.05, 0) is 113 Å². The van der Waals surface area contributed by atoms with E-state index in [4.69, 9.17) is 4.74 Å². The summed E-state index contributed by atoms with van der Waals surface area (Å²) in [5.74, 6) is 1.59. The quantitative estimate of drug-likeness (QED) is 0.588. The lowest BCUT2D eigenvalue weighted by Crippen LogP contribution is -2.65. The highest BCUT2D eigenvalue weighted by Crippen LogP contribution is 2.76. The largest absolute Gasteiger partial charge is 0.456 e. The van der Waals surface area contributed by atoms with Crippen LogP contribution in [0.15, 0.2) is 23.3 Å². The molecule has 0 saturated heterocycles. The van der Waals surface area contributed by atoms with E-state index >= 15 is 0 Å². The monoisotopic (exact) mass is 468 g/mol. The average Bonchev–Trinajstić information content (AvgIpc) is 3.49. The molecule has 1 aliphatic heterocycles. The molecule has 5 aliphatic carbocycles. The van der Waals surface area contributed by atoms with E-state index in [-0.39, 0.29) is 34.9 Å². The van der Waals surface area contributed by atoms with Gasteiger partial charge >= 0.3 is 5.97 Å². The number of ether oxygens (including phenoxy) is 1. The van der Waals surface area contributed by atoms with E-state index in [0.717, 1.165) is 37.7 Å². The maximum atomic E-state index is 13.3. The van der Waals surface area contributed by atoms with Crippen LogP contribution in [0.4, 0.5) is 0 Å². The first-order chi connectivity index (χ1) is 15.9. The first-order valence-corrected chi connectivity index (χ1v) is 13.4. The van der Waals surface area contributed by atoms with Crippen LogP contribution >= 0.6 is 0 Å². The second-order valence-electron chi connectivity index (χ2n) is 13.3. The van der Waals surface area contributed by atoms with E-state index in [1.54, 1.807) is 13.0 Å². The first kappa shape index (κ1) is 23.0. The summed E-state index contributed by atoms with van der Waals surface area (Å²) in [6, 6.07) is 0. The predicted molar refractivity (Wildman–Crippen MR) is 127 cm³/mol. The molecule has 6 rings (SSSR count). The molecule has 1 heterocycles. The van der Waals surface area contributed by atoms with Gasteiger partial charge in [-0.3, -0.25) is 4.79 Å². The molecule has 0 aromatic carbocycles. The Morgan fingerprint density at radius 2 is 1.82 bits per heavy atom. The minimum Gasteiger partial charge on any atom is -0.456 e. The van der Waals surface area contributed by atoms with E-state index in [9.17, 15) is 19.8 Å². The zero-order valence-electron chi connectivity index (χ0n) is 21.3. The molecule has 2 N–H and O–H groups in total. The molecule has 0 bridgehead atoms. The van der Waals surface area contributed by atoms with Gasteiger partial charge in [0, 0.05) is 12.0 Å². The molecule has 0 spiro atoms. The Morgan fingerprint density at radius 1 is 1.09 bits per heavy atom. The van der Waals surface area contributed by atoms with Gasteiger partial charge in [0.1, 0.15) is 11.7 Å². The van der Waals surface area contributed by atoms with Crippen LogP contribution in [0, 0.1) is 46.3 Å². The highest BCUT2D eigenvalue weighted by Gasteiger charge is 2.76. The van der Waals surface area contributed by atoms with Crippen LogP contribution in [0.3, 0.4) is 0 Å². The van der Waals surface area contributed by atoms with Crippen LogP contribution in [0.25, 0.3) is 0 Å². The number of aliphatic hydroxyl groups is 2. The molecule has 0 aromatic rings. The topological polar surface area (TPSA) is 83.8 Å². The summed E-state index contributed by atoms with van der Waals surface area (Å²) in [6.07, 6.45) is 9.10. The third-order valence-corrected chi connectivity index (χ3v) is 12.2. The van der Waals surface area contributed by atoms with Crippen LogP contribution in [0.1, 0.15) is 79.6 Å². The predicted octanol–water partition coefficient (Wildman–Crippen LogP) is 4.36. The van der Waals surface area contributed by atoms with Crippen molar-refractivity contribution >= 4 is 11.8 Å². The first-order valence-electron chi connectivity index (χ1n) is 13.4. The second-order valence-corrected chi connectivity index (χ2v) is 13.3. The van der Waals surface area contributed by atoms with Gasteiger partial charge in [-0.15, -0.1) is 0 Å². The summed E-state index contributed by atoms with van der Waals surface area (Å²) in [6.45, 7) is 10.1. The van der Waals surface area contributed by atoms with E-state index in [2.05, 4.69) is 13.8 Å². The van der Waals surface area contributed by atoms with Crippen LogP contribution in [0.5, 0.6) is 0 Å². The Balaban J connectivity index is 1.33. The van der Waals surface area contributed by atoms with Crippen LogP contribution < -0.4 is 0 Å². The fraction of sp³-hybridized carbons (Fsp3) is 0.793. The molecular weight excluding hydrogens is 428 g/mol. The number of rotatable bonds is 2. The van der Waals surface area contributed by atoms with Crippen molar-refractivity contribution in [3.63, 3.8) is 0 Å². The van der Waals surface area contributed by atoms with E-state index in [1.807, 2.05) is 19.9 Å². The molecule has 0 radical (unpaired) electrons. The number of ketones is 1. The van der Waals surface area contributed by atoms with E-state index in [1.165, 1.54) is 0 Å².